The summed E-state index contributed by atoms with van der Waals surface area (Å²) in [4.78, 5) is 0. The molecule has 1 aliphatic heterocycles. The summed E-state index contributed by atoms with van der Waals surface area (Å²) in [7, 11) is 0. The zero-order valence-corrected chi connectivity index (χ0v) is 11.1. The molecular weight excluding hydrogens is 229 g/mol. The van der Waals surface area contributed by atoms with Crippen LogP contribution in [0.15, 0.2) is 18.2 Å². The molecule has 99 valence electrons. The van der Waals surface area contributed by atoms with Crippen molar-refractivity contribution in [3.63, 3.8) is 0 Å². The number of nitrogens with one attached hydrogen (secondary N) is 1. The van der Waals surface area contributed by atoms with E-state index in [0.717, 1.165) is 49.6 Å². The molecule has 1 aromatic rings. The van der Waals surface area contributed by atoms with Crippen LogP contribution in [-0.2, 0) is 11.3 Å². The Labute approximate surface area is 109 Å². The van der Waals surface area contributed by atoms with Crippen LogP contribution >= 0.6 is 0 Å². The second-order valence-corrected chi connectivity index (χ2v) is 5.12. The van der Waals surface area contributed by atoms with Gasteiger partial charge in [0.2, 0.25) is 0 Å². The van der Waals surface area contributed by atoms with Crippen molar-refractivity contribution in [1.82, 2.24) is 5.32 Å². The van der Waals surface area contributed by atoms with Gasteiger partial charge in [0.1, 0.15) is 5.82 Å². The van der Waals surface area contributed by atoms with Gasteiger partial charge >= 0.3 is 0 Å². The maximum absolute atomic E-state index is 13.5. The highest BCUT2D eigenvalue weighted by Gasteiger charge is 2.13. The van der Waals surface area contributed by atoms with E-state index < -0.39 is 0 Å². The molecule has 3 heteroatoms. The lowest BCUT2D eigenvalue weighted by Crippen LogP contribution is -2.34. The molecule has 1 aromatic carbocycles. The molecule has 2 rings (SSSR count). The predicted molar refractivity (Wildman–Crippen MR) is 70.8 cm³/mol. The van der Waals surface area contributed by atoms with Gasteiger partial charge in [0.15, 0.2) is 0 Å². The zero-order chi connectivity index (χ0) is 13.0. The van der Waals surface area contributed by atoms with Gasteiger partial charge in [-0.2, -0.15) is 0 Å². The van der Waals surface area contributed by atoms with E-state index in [1.54, 1.807) is 12.1 Å². The van der Waals surface area contributed by atoms with Crippen molar-refractivity contribution in [3.05, 3.63) is 41.1 Å². The van der Waals surface area contributed by atoms with Crippen LogP contribution in [0, 0.1) is 11.7 Å². The van der Waals surface area contributed by atoms with Crippen LogP contribution in [-0.4, -0.2) is 19.3 Å². The van der Waals surface area contributed by atoms with Crippen molar-refractivity contribution >= 4 is 0 Å². The lowest BCUT2D eigenvalue weighted by molar-refractivity contribution is 0.0776. The summed E-state index contributed by atoms with van der Waals surface area (Å²) in [5.74, 6) is 0.985. The Morgan fingerprint density at radius 3 is 2.67 bits per heavy atom. The van der Waals surface area contributed by atoms with E-state index >= 15 is 0 Å². The molecule has 0 unspecified atom stereocenters. The molecule has 18 heavy (non-hydrogen) atoms. The fourth-order valence-electron chi connectivity index (χ4n) is 2.21. The van der Waals surface area contributed by atoms with E-state index in [1.807, 2.05) is 13.8 Å². The minimum Gasteiger partial charge on any atom is -0.381 e. The van der Waals surface area contributed by atoms with E-state index in [0.29, 0.717) is 6.04 Å². The maximum Gasteiger partial charge on any atom is 0.123 e. The quantitative estimate of drug-likeness (QED) is 0.886. The van der Waals surface area contributed by atoms with Gasteiger partial charge in [-0.1, -0.05) is 19.9 Å². The van der Waals surface area contributed by atoms with Gasteiger partial charge in [-0.3, -0.25) is 0 Å². The Morgan fingerprint density at radius 1 is 1.28 bits per heavy atom. The van der Waals surface area contributed by atoms with Crippen LogP contribution in [0.2, 0.25) is 0 Å². The summed E-state index contributed by atoms with van der Waals surface area (Å²) in [6.45, 7) is 6.39. The van der Waals surface area contributed by atoms with Crippen LogP contribution in [0.5, 0.6) is 0 Å². The molecule has 1 saturated heterocycles. The number of hydrogen-bond acceptors (Lipinski definition) is 2. The maximum atomic E-state index is 13.5. The lowest BCUT2D eigenvalue weighted by atomic mass is 10.00. The Morgan fingerprint density at radius 2 is 2.00 bits per heavy atom. The third-order valence-electron chi connectivity index (χ3n) is 3.35. The van der Waals surface area contributed by atoms with Gasteiger partial charge in [0.25, 0.3) is 0 Å². The Hall–Kier alpha value is -0.930. The molecular formula is C15H21FNO. The average molecular weight is 250 g/mol. The van der Waals surface area contributed by atoms with Crippen molar-refractivity contribution in [3.8, 4) is 0 Å². The molecule has 0 aromatic heterocycles. The fraction of sp³-hybridized carbons (Fsp3) is 0.533. The highest BCUT2D eigenvalue weighted by molar-refractivity contribution is 5.33. The molecule has 2 nitrogen and oxygen atoms in total. The number of benzene rings is 1. The Kier molecular flexibility index (Phi) is 4.72. The van der Waals surface area contributed by atoms with Gasteiger partial charge < -0.3 is 10.1 Å². The first-order valence-electron chi connectivity index (χ1n) is 6.56. The van der Waals surface area contributed by atoms with Crippen LogP contribution in [0.1, 0.15) is 37.8 Å². The van der Waals surface area contributed by atoms with Crippen LogP contribution in [0.25, 0.3) is 0 Å². The molecule has 0 atom stereocenters. The van der Waals surface area contributed by atoms with E-state index in [2.05, 4.69) is 11.4 Å². The molecule has 1 radical (unpaired) electrons. The first-order chi connectivity index (χ1) is 8.65. The Bertz CT molecular complexity index is 386. The summed E-state index contributed by atoms with van der Waals surface area (Å²) in [6.07, 6.45) is 2.09. The molecule has 0 aliphatic carbocycles. The third kappa shape index (κ3) is 3.79. The minimum atomic E-state index is -0.155. The van der Waals surface area contributed by atoms with Crippen LogP contribution in [0.4, 0.5) is 4.39 Å². The zero-order valence-electron chi connectivity index (χ0n) is 11.1. The van der Waals surface area contributed by atoms with Crippen molar-refractivity contribution < 1.29 is 9.13 Å². The van der Waals surface area contributed by atoms with Gasteiger partial charge in [-0.25, -0.2) is 4.39 Å². The van der Waals surface area contributed by atoms with E-state index in [-0.39, 0.29) is 5.82 Å². The van der Waals surface area contributed by atoms with Gasteiger partial charge in [-0.05, 0) is 42.0 Å². The standard InChI is InChI=1S/C15H21FNO/c1-11(2)13-7-12(8-14(16)9-13)10-17-15-3-5-18-6-4-15/h7-9,15,17H,3-6,10H2,1-2H3. The summed E-state index contributed by atoms with van der Waals surface area (Å²) < 4.78 is 18.8. The van der Waals surface area contributed by atoms with Crippen molar-refractivity contribution in [2.24, 2.45) is 0 Å². The fourth-order valence-corrected chi connectivity index (χ4v) is 2.21. The summed E-state index contributed by atoms with van der Waals surface area (Å²) in [5, 5.41) is 3.48. The SMILES string of the molecule is C[C](C)c1cc(F)cc(CNC2CCOCC2)c1. The number of ether oxygens (including phenoxy) is 1. The Balaban J connectivity index is 1.95. The van der Waals surface area contributed by atoms with Crippen molar-refractivity contribution in [2.75, 3.05) is 13.2 Å². The van der Waals surface area contributed by atoms with Gasteiger partial charge in [0.05, 0.1) is 0 Å². The summed E-state index contributed by atoms with van der Waals surface area (Å²) in [5.41, 5.74) is 2.00. The van der Waals surface area contributed by atoms with E-state index in [9.17, 15) is 4.39 Å². The average Bonchev–Trinajstić information content (AvgIpc) is 2.37. The normalized spacial score (nSPS) is 17.3. The second kappa shape index (κ2) is 6.30. The number of rotatable bonds is 4. The first kappa shape index (κ1) is 13.5. The van der Waals surface area contributed by atoms with Crippen molar-refractivity contribution in [2.45, 2.75) is 39.3 Å². The largest absolute Gasteiger partial charge is 0.381 e. The molecule has 0 saturated carbocycles. The highest BCUT2D eigenvalue weighted by Crippen LogP contribution is 2.17. The third-order valence-corrected chi connectivity index (χ3v) is 3.35. The molecule has 0 amide bonds. The molecule has 0 spiro atoms. The van der Waals surface area contributed by atoms with Crippen LogP contribution < -0.4 is 5.32 Å². The van der Waals surface area contributed by atoms with E-state index in [1.165, 1.54) is 0 Å². The molecule has 1 N–H and O–H groups in total. The summed E-state index contributed by atoms with van der Waals surface area (Å²) >= 11 is 0. The molecule has 1 heterocycles. The molecule has 1 fully saturated rings. The van der Waals surface area contributed by atoms with Crippen LogP contribution in [0.3, 0.4) is 0 Å². The monoisotopic (exact) mass is 250 g/mol. The topological polar surface area (TPSA) is 21.3 Å². The highest BCUT2D eigenvalue weighted by atomic mass is 19.1. The lowest BCUT2D eigenvalue weighted by Gasteiger charge is -2.23. The van der Waals surface area contributed by atoms with Gasteiger partial charge in [-0.15, -0.1) is 0 Å². The predicted octanol–water partition coefficient (Wildman–Crippen LogP) is 3.06. The van der Waals surface area contributed by atoms with Gasteiger partial charge in [0, 0.05) is 25.8 Å². The number of halogens is 1. The molecule has 1 aliphatic rings. The smallest absolute Gasteiger partial charge is 0.123 e. The number of hydrogen-bond donors (Lipinski definition) is 1. The molecule has 0 bridgehead atoms. The second-order valence-electron chi connectivity index (χ2n) is 5.12. The first-order valence-corrected chi connectivity index (χ1v) is 6.56. The summed E-state index contributed by atoms with van der Waals surface area (Å²) in [6, 6.07) is 5.76. The van der Waals surface area contributed by atoms with Crippen molar-refractivity contribution in [1.29, 1.82) is 0 Å². The minimum absolute atomic E-state index is 0.155. The van der Waals surface area contributed by atoms with E-state index in [4.69, 9.17) is 4.74 Å².